The number of anilines is 1. The van der Waals surface area contributed by atoms with Crippen molar-refractivity contribution in [2.45, 2.75) is 13.8 Å². The van der Waals surface area contributed by atoms with Gasteiger partial charge in [0.05, 0.1) is 11.6 Å². The number of nitriles is 1. The lowest BCUT2D eigenvalue weighted by atomic mass is 10.1. The maximum absolute atomic E-state index is 12.4. The molecule has 24 heavy (non-hydrogen) atoms. The Morgan fingerprint density at radius 2 is 1.71 bits per heavy atom. The molecule has 0 bridgehead atoms. The van der Waals surface area contributed by atoms with Gasteiger partial charge in [-0.05, 0) is 50.2 Å². The van der Waals surface area contributed by atoms with Crippen LogP contribution in [0.25, 0.3) is 0 Å². The summed E-state index contributed by atoms with van der Waals surface area (Å²) in [5.74, 6) is -0.387. The quantitative estimate of drug-likeness (QED) is 0.918. The normalized spacial score (nSPS) is 9.88. The van der Waals surface area contributed by atoms with Gasteiger partial charge < -0.3 is 10.2 Å². The van der Waals surface area contributed by atoms with Crippen molar-refractivity contribution in [3.63, 3.8) is 0 Å². The van der Waals surface area contributed by atoms with Gasteiger partial charge in [-0.15, -0.1) is 0 Å². The van der Waals surface area contributed by atoms with Crippen LogP contribution < -0.4 is 5.32 Å². The molecule has 2 aromatic carbocycles. The number of amides is 2. The van der Waals surface area contributed by atoms with Gasteiger partial charge in [-0.2, -0.15) is 5.26 Å². The molecule has 0 aliphatic heterocycles. The Labute approximate surface area is 141 Å². The molecule has 0 radical (unpaired) electrons. The number of carbonyl (C=O) groups is 2. The van der Waals surface area contributed by atoms with Crippen molar-refractivity contribution in [1.82, 2.24) is 4.90 Å². The smallest absolute Gasteiger partial charge is 0.255 e. The molecule has 0 fully saturated rings. The van der Waals surface area contributed by atoms with Crippen molar-refractivity contribution >= 4 is 17.5 Å². The summed E-state index contributed by atoms with van der Waals surface area (Å²) in [6, 6.07) is 15.3. The summed E-state index contributed by atoms with van der Waals surface area (Å²) in [7, 11) is 0. The summed E-state index contributed by atoms with van der Waals surface area (Å²) in [5, 5.41) is 11.7. The lowest BCUT2D eigenvalue weighted by Crippen LogP contribution is -2.30. The van der Waals surface area contributed by atoms with Crippen LogP contribution in [0.4, 0.5) is 5.69 Å². The van der Waals surface area contributed by atoms with Gasteiger partial charge >= 0.3 is 0 Å². The zero-order valence-corrected chi connectivity index (χ0v) is 13.7. The Hall–Kier alpha value is -3.13. The lowest BCUT2D eigenvalue weighted by Gasteiger charge is -2.19. The number of carbonyl (C=O) groups excluding carboxylic acids is 2. The average Bonchev–Trinajstić information content (AvgIpc) is 2.63. The van der Waals surface area contributed by atoms with E-state index in [9.17, 15) is 9.59 Å². The molecule has 0 saturated carbocycles. The van der Waals surface area contributed by atoms with Crippen molar-refractivity contribution in [3.8, 4) is 6.07 Å². The molecular formula is C19H19N3O2. The minimum absolute atomic E-state index is 0.0671. The standard InChI is InChI=1S/C19H19N3O2/c1-3-22(4-2)19(24)16-9-6-10-17(12-16)21-18(23)15-8-5-7-14(11-15)13-20/h5-12H,3-4H2,1-2H3,(H,21,23). The highest BCUT2D eigenvalue weighted by Crippen LogP contribution is 2.15. The van der Waals surface area contributed by atoms with Crippen molar-refractivity contribution < 1.29 is 9.59 Å². The molecule has 0 atom stereocenters. The topological polar surface area (TPSA) is 73.2 Å². The third-order valence-electron chi connectivity index (χ3n) is 3.67. The molecule has 2 aromatic rings. The van der Waals surface area contributed by atoms with E-state index in [1.807, 2.05) is 19.9 Å². The van der Waals surface area contributed by atoms with Crippen molar-refractivity contribution in [1.29, 1.82) is 5.26 Å². The van der Waals surface area contributed by atoms with E-state index >= 15 is 0 Å². The zero-order chi connectivity index (χ0) is 17.5. The largest absolute Gasteiger partial charge is 0.339 e. The Kier molecular flexibility index (Phi) is 5.69. The highest BCUT2D eigenvalue weighted by Gasteiger charge is 2.13. The first-order valence-electron chi connectivity index (χ1n) is 7.79. The Morgan fingerprint density at radius 1 is 1.04 bits per heavy atom. The summed E-state index contributed by atoms with van der Waals surface area (Å²) >= 11 is 0. The summed E-state index contributed by atoms with van der Waals surface area (Å²) in [6.45, 7) is 5.12. The fourth-order valence-electron chi connectivity index (χ4n) is 2.36. The third-order valence-corrected chi connectivity index (χ3v) is 3.67. The van der Waals surface area contributed by atoms with Gasteiger partial charge in [0.25, 0.3) is 11.8 Å². The fraction of sp³-hybridized carbons (Fsp3) is 0.211. The van der Waals surface area contributed by atoms with Crippen molar-refractivity contribution in [3.05, 3.63) is 65.2 Å². The number of nitrogens with one attached hydrogen (secondary N) is 1. The summed E-state index contributed by atoms with van der Waals surface area (Å²) in [5.41, 5.74) is 1.89. The maximum Gasteiger partial charge on any atom is 0.255 e. The van der Waals surface area contributed by atoms with Crippen LogP contribution >= 0.6 is 0 Å². The average molecular weight is 321 g/mol. The molecule has 122 valence electrons. The fourth-order valence-corrected chi connectivity index (χ4v) is 2.36. The molecule has 0 aromatic heterocycles. The maximum atomic E-state index is 12.4. The van der Waals surface area contributed by atoms with Crippen molar-refractivity contribution in [2.75, 3.05) is 18.4 Å². The van der Waals surface area contributed by atoms with Gasteiger partial charge in [-0.25, -0.2) is 0 Å². The molecule has 5 nitrogen and oxygen atoms in total. The van der Waals surface area contributed by atoms with Crippen LogP contribution in [-0.4, -0.2) is 29.8 Å². The van der Waals surface area contributed by atoms with Gasteiger partial charge in [0.1, 0.15) is 0 Å². The predicted octanol–water partition coefficient (Wildman–Crippen LogP) is 3.29. The first-order valence-corrected chi connectivity index (χ1v) is 7.79. The van der Waals surface area contributed by atoms with E-state index in [2.05, 4.69) is 5.32 Å². The summed E-state index contributed by atoms with van der Waals surface area (Å²) < 4.78 is 0. The van der Waals surface area contributed by atoms with Crippen LogP contribution in [0.5, 0.6) is 0 Å². The van der Waals surface area contributed by atoms with Crippen LogP contribution in [0.15, 0.2) is 48.5 Å². The number of hydrogen-bond donors (Lipinski definition) is 1. The molecule has 0 heterocycles. The van der Waals surface area contributed by atoms with Crippen LogP contribution in [-0.2, 0) is 0 Å². The third kappa shape index (κ3) is 3.99. The molecule has 0 spiro atoms. The second-order valence-corrected chi connectivity index (χ2v) is 5.20. The van der Waals surface area contributed by atoms with Gasteiger partial charge in [0.2, 0.25) is 0 Å². The minimum atomic E-state index is -0.320. The molecule has 0 aliphatic rings. The summed E-state index contributed by atoms with van der Waals surface area (Å²) in [4.78, 5) is 26.4. The van der Waals surface area contributed by atoms with Gasteiger partial charge in [0.15, 0.2) is 0 Å². The highest BCUT2D eigenvalue weighted by atomic mass is 16.2. The molecule has 2 rings (SSSR count). The molecule has 2 amide bonds. The lowest BCUT2D eigenvalue weighted by molar-refractivity contribution is 0.0772. The zero-order valence-electron chi connectivity index (χ0n) is 13.7. The van der Waals surface area contributed by atoms with Crippen LogP contribution in [0.2, 0.25) is 0 Å². The second-order valence-electron chi connectivity index (χ2n) is 5.20. The summed E-state index contributed by atoms with van der Waals surface area (Å²) in [6.07, 6.45) is 0. The number of benzene rings is 2. The highest BCUT2D eigenvalue weighted by molar-refractivity contribution is 6.05. The Morgan fingerprint density at radius 3 is 2.38 bits per heavy atom. The SMILES string of the molecule is CCN(CC)C(=O)c1cccc(NC(=O)c2cccc(C#N)c2)c1. The predicted molar refractivity (Wildman–Crippen MR) is 92.8 cm³/mol. The van der Waals surface area contributed by atoms with Crippen LogP contribution in [0, 0.1) is 11.3 Å². The minimum Gasteiger partial charge on any atom is -0.339 e. The Bertz CT molecular complexity index is 789. The first kappa shape index (κ1) is 17.2. The molecule has 1 N–H and O–H groups in total. The molecule has 5 heteroatoms. The molecular weight excluding hydrogens is 302 g/mol. The number of rotatable bonds is 5. The first-order chi connectivity index (χ1) is 11.6. The van der Waals surface area contributed by atoms with Gasteiger partial charge in [-0.3, -0.25) is 9.59 Å². The van der Waals surface area contributed by atoms with Crippen LogP contribution in [0.3, 0.4) is 0 Å². The number of hydrogen-bond acceptors (Lipinski definition) is 3. The van der Waals surface area contributed by atoms with E-state index in [1.165, 1.54) is 6.07 Å². The van der Waals surface area contributed by atoms with E-state index in [-0.39, 0.29) is 11.8 Å². The van der Waals surface area contributed by atoms with Gasteiger partial charge in [0, 0.05) is 29.9 Å². The molecule has 0 unspecified atom stereocenters. The Balaban J connectivity index is 2.18. The van der Waals surface area contributed by atoms with Gasteiger partial charge in [-0.1, -0.05) is 12.1 Å². The van der Waals surface area contributed by atoms with E-state index < -0.39 is 0 Å². The van der Waals surface area contributed by atoms with E-state index in [4.69, 9.17) is 5.26 Å². The van der Waals surface area contributed by atoms with E-state index in [0.717, 1.165) is 0 Å². The van der Waals surface area contributed by atoms with Crippen molar-refractivity contribution in [2.24, 2.45) is 0 Å². The monoisotopic (exact) mass is 321 g/mol. The molecule has 0 aliphatic carbocycles. The van der Waals surface area contributed by atoms with Crippen LogP contribution in [0.1, 0.15) is 40.1 Å². The van der Waals surface area contributed by atoms with E-state index in [0.29, 0.717) is 35.5 Å². The number of nitrogens with zero attached hydrogens (tertiary/aromatic N) is 2. The molecule has 0 saturated heterocycles. The second kappa shape index (κ2) is 7.93. The van der Waals surface area contributed by atoms with E-state index in [1.54, 1.807) is 47.4 Å².